The van der Waals surface area contributed by atoms with E-state index in [9.17, 15) is 0 Å². The number of ether oxygens (including phenoxy) is 2. The first-order chi connectivity index (χ1) is 6.80. The minimum atomic E-state index is 0.520. The summed E-state index contributed by atoms with van der Waals surface area (Å²) in [5.74, 6) is 0. The van der Waals surface area contributed by atoms with E-state index in [2.05, 4.69) is 6.07 Å². The van der Waals surface area contributed by atoms with E-state index < -0.39 is 0 Å². The maximum atomic E-state index is 8.79. The molecule has 1 rings (SSSR count). The summed E-state index contributed by atoms with van der Waals surface area (Å²) in [6, 6.07) is 7.74. The maximum Gasteiger partial charge on any atom is 0.0991 e. The summed E-state index contributed by atoms with van der Waals surface area (Å²) in [6.07, 6.45) is 0. The molecule has 0 unspecified atom stereocenters. The normalized spacial score (nSPS) is 9.79. The monoisotopic (exact) mass is 191 g/mol. The fourth-order valence-electron chi connectivity index (χ4n) is 1.33. The van der Waals surface area contributed by atoms with Crippen molar-refractivity contribution >= 4 is 0 Å². The van der Waals surface area contributed by atoms with Crippen LogP contribution < -0.4 is 0 Å². The van der Waals surface area contributed by atoms with Gasteiger partial charge in [0.05, 0.1) is 24.8 Å². The second-order valence-electron chi connectivity index (χ2n) is 3.02. The van der Waals surface area contributed by atoms with Crippen LogP contribution in [0.4, 0.5) is 0 Å². The van der Waals surface area contributed by atoms with Gasteiger partial charge in [0.25, 0.3) is 0 Å². The van der Waals surface area contributed by atoms with Gasteiger partial charge in [-0.1, -0.05) is 6.07 Å². The van der Waals surface area contributed by atoms with Crippen LogP contribution in [0.2, 0.25) is 0 Å². The van der Waals surface area contributed by atoms with Crippen molar-refractivity contribution in [2.24, 2.45) is 0 Å². The maximum absolute atomic E-state index is 8.79. The van der Waals surface area contributed by atoms with Crippen LogP contribution in [-0.2, 0) is 22.7 Å². The lowest BCUT2D eigenvalue weighted by Gasteiger charge is -2.04. The molecule has 1 aromatic carbocycles. The zero-order valence-corrected chi connectivity index (χ0v) is 8.41. The lowest BCUT2D eigenvalue weighted by Crippen LogP contribution is -1.94. The lowest BCUT2D eigenvalue weighted by molar-refractivity contribution is 0.180. The summed E-state index contributed by atoms with van der Waals surface area (Å²) < 4.78 is 10.0. The van der Waals surface area contributed by atoms with Gasteiger partial charge in [0, 0.05) is 14.2 Å². The van der Waals surface area contributed by atoms with Crippen molar-refractivity contribution in [1.29, 1.82) is 5.26 Å². The SMILES string of the molecule is COCc1cc(C#N)cc(COC)c1. The zero-order chi connectivity index (χ0) is 10.4. The summed E-state index contributed by atoms with van der Waals surface area (Å²) >= 11 is 0. The van der Waals surface area contributed by atoms with Crippen molar-refractivity contribution in [2.45, 2.75) is 13.2 Å². The van der Waals surface area contributed by atoms with Gasteiger partial charge in [-0.3, -0.25) is 0 Å². The van der Waals surface area contributed by atoms with Gasteiger partial charge in [-0.25, -0.2) is 0 Å². The summed E-state index contributed by atoms with van der Waals surface area (Å²) in [4.78, 5) is 0. The van der Waals surface area contributed by atoms with Gasteiger partial charge in [0.1, 0.15) is 0 Å². The molecule has 0 heterocycles. The molecular weight excluding hydrogens is 178 g/mol. The molecule has 74 valence electrons. The van der Waals surface area contributed by atoms with E-state index in [0.29, 0.717) is 18.8 Å². The molecule has 3 nitrogen and oxygen atoms in total. The van der Waals surface area contributed by atoms with Crippen LogP contribution >= 0.6 is 0 Å². The highest BCUT2D eigenvalue weighted by Crippen LogP contribution is 2.11. The zero-order valence-electron chi connectivity index (χ0n) is 8.41. The third kappa shape index (κ3) is 2.84. The molecular formula is C11H13NO2. The van der Waals surface area contributed by atoms with Crippen molar-refractivity contribution < 1.29 is 9.47 Å². The molecule has 0 saturated carbocycles. The molecule has 0 bridgehead atoms. The molecule has 1 aromatic rings. The molecule has 0 amide bonds. The Morgan fingerprint density at radius 2 is 1.57 bits per heavy atom. The van der Waals surface area contributed by atoms with Gasteiger partial charge >= 0.3 is 0 Å². The highest BCUT2D eigenvalue weighted by Gasteiger charge is 2.00. The van der Waals surface area contributed by atoms with Crippen LogP contribution in [0.3, 0.4) is 0 Å². The van der Waals surface area contributed by atoms with E-state index in [1.807, 2.05) is 18.2 Å². The van der Waals surface area contributed by atoms with E-state index in [0.717, 1.165) is 11.1 Å². The predicted molar refractivity (Wildman–Crippen MR) is 52.6 cm³/mol. The standard InChI is InChI=1S/C11H13NO2/c1-13-7-10-3-9(6-12)4-11(5-10)8-14-2/h3-5H,7-8H2,1-2H3. The molecule has 0 aliphatic rings. The number of nitrogens with zero attached hydrogens (tertiary/aromatic N) is 1. The molecule has 0 fully saturated rings. The van der Waals surface area contributed by atoms with Crippen molar-refractivity contribution in [2.75, 3.05) is 14.2 Å². The number of hydrogen-bond donors (Lipinski definition) is 0. The van der Waals surface area contributed by atoms with Gasteiger partial charge in [0.15, 0.2) is 0 Å². The molecule has 0 radical (unpaired) electrons. The summed E-state index contributed by atoms with van der Waals surface area (Å²) in [6.45, 7) is 1.04. The van der Waals surface area contributed by atoms with E-state index in [1.54, 1.807) is 14.2 Å². The van der Waals surface area contributed by atoms with Gasteiger partial charge in [0.2, 0.25) is 0 Å². The molecule has 0 atom stereocenters. The molecule has 0 aliphatic heterocycles. The Bertz CT molecular complexity index is 317. The topological polar surface area (TPSA) is 42.2 Å². The van der Waals surface area contributed by atoms with Crippen LogP contribution in [0, 0.1) is 11.3 Å². The molecule has 3 heteroatoms. The molecule has 0 spiro atoms. The second kappa shape index (κ2) is 5.38. The minimum Gasteiger partial charge on any atom is -0.380 e. The molecule has 0 aliphatic carbocycles. The quantitative estimate of drug-likeness (QED) is 0.729. The average Bonchev–Trinajstić information content (AvgIpc) is 2.18. The Morgan fingerprint density at radius 3 is 1.93 bits per heavy atom. The Balaban J connectivity index is 2.95. The molecule has 0 N–H and O–H groups in total. The Kier molecular flexibility index (Phi) is 4.11. The summed E-state index contributed by atoms with van der Waals surface area (Å²) in [5, 5.41) is 8.79. The highest BCUT2D eigenvalue weighted by molar-refractivity contribution is 5.37. The van der Waals surface area contributed by atoms with E-state index in [4.69, 9.17) is 14.7 Å². The van der Waals surface area contributed by atoms with Crippen molar-refractivity contribution in [3.05, 3.63) is 34.9 Å². The molecule has 0 aromatic heterocycles. The van der Waals surface area contributed by atoms with Crippen LogP contribution in [0.15, 0.2) is 18.2 Å². The average molecular weight is 191 g/mol. The lowest BCUT2D eigenvalue weighted by atomic mass is 10.1. The van der Waals surface area contributed by atoms with Crippen LogP contribution in [-0.4, -0.2) is 14.2 Å². The van der Waals surface area contributed by atoms with E-state index in [-0.39, 0.29) is 0 Å². The Hall–Kier alpha value is -1.37. The van der Waals surface area contributed by atoms with Crippen LogP contribution in [0.1, 0.15) is 16.7 Å². The Morgan fingerprint density at radius 1 is 1.07 bits per heavy atom. The predicted octanol–water partition coefficient (Wildman–Crippen LogP) is 1.85. The fourth-order valence-corrected chi connectivity index (χ4v) is 1.33. The first kappa shape index (κ1) is 10.7. The Labute approximate surface area is 83.9 Å². The molecule has 0 saturated heterocycles. The van der Waals surface area contributed by atoms with Crippen molar-refractivity contribution in [3.8, 4) is 6.07 Å². The highest BCUT2D eigenvalue weighted by atomic mass is 16.5. The van der Waals surface area contributed by atoms with Gasteiger partial charge in [-0.05, 0) is 23.3 Å². The number of hydrogen-bond acceptors (Lipinski definition) is 3. The molecule has 14 heavy (non-hydrogen) atoms. The first-order valence-electron chi connectivity index (χ1n) is 4.31. The second-order valence-corrected chi connectivity index (χ2v) is 3.02. The van der Waals surface area contributed by atoms with Crippen molar-refractivity contribution in [1.82, 2.24) is 0 Å². The van der Waals surface area contributed by atoms with Gasteiger partial charge in [-0.2, -0.15) is 5.26 Å². The number of benzene rings is 1. The number of methoxy groups -OCH3 is 2. The third-order valence-electron chi connectivity index (χ3n) is 1.80. The summed E-state index contributed by atoms with van der Waals surface area (Å²) in [5.41, 5.74) is 2.64. The van der Waals surface area contributed by atoms with Crippen LogP contribution in [0.25, 0.3) is 0 Å². The smallest absolute Gasteiger partial charge is 0.0991 e. The van der Waals surface area contributed by atoms with Gasteiger partial charge in [-0.15, -0.1) is 0 Å². The summed E-state index contributed by atoms with van der Waals surface area (Å²) in [7, 11) is 3.27. The van der Waals surface area contributed by atoms with Gasteiger partial charge < -0.3 is 9.47 Å². The van der Waals surface area contributed by atoms with E-state index in [1.165, 1.54) is 0 Å². The van der Waals surface area contributed by atoms with Crippen LogP contribution in [0.5, 0.6) is 0 Å². The van der Waals surface area contributed by atoms with E-state index >= 15 is 0 Å². The largest absolute Gasteiger partial charge is 0.380 e. The van der Waals surface area contributed by atoms with Crippen molar-refractivity contribution in [3.63, 3.8) is 0 Å². The number of nitriles is 1. The minimum absolute atomic E-state index is 0.520. The fraction of sp³-hybridized carbons (Fsp3) is 0.364. The number of rotatable bonds is 4. The third-order valence-corrected chi connectivity index (χ3v) is 1.80. The first-order valence-corrected chi connectivity index (χ1v) is 4.31.